The zero-order valence-corrected chi connectivity index (χ0v) is 8.04. The lowest BCUT2D eigenvalue weighted by atomic mass is 10.5. The van der Waals surface area contributed by atoms with Gasteiger partial charge in [0, 0.05) is 12.6 Å². The maximum absolute atomic E-state index is 10.8. The number of esters is 1. The molecular formula is C9H17NO2. The summed E-state index contributed by atoms with van der Waals surface area (Å²) in [6.45, 7) is 6.08. The third kappa shape index (κ3) is 5.92. The molecule has 0 saturated carbocycles. The van der Waals surface area contributed by atoms with E-state index < -0.39 is 0 Å². The number of carbonyl (C=O) groups excluding carboxylic acids is 1. The maximum Gasteiger partial charge on any atom is 0.330 e. The Balaban J connectivity index is 3.37. The van der Waals surface area contributed by atoms with Crippen molar-refractivity contribution in [3.63, 3.8) is 0 Å². The van der Waals surface area contributed by atoms with Crippen LogP contribution >= 0.6 is 0 Å². The monoisotopic (exact) mass is 171 g/mol. The van der Waals surface area contributed by atoms with Crippen molar-refractivity contribution in [2.24, 2.45) is 0 Å². The van der Waals surface area contributed by atoms with Crippen LogP contribution in [0.25, 0.3) is 0 Å². The molecule has 0 heterocycles. The van der Waals surface area contributed by atoms with Crippen molar-refractivity contribution in [1.82, 2.24) is 4.90 Å². The topological polar surface area (TPSA) is 29.5 Å². The Morgan fingerprint density at radius 1 is 1.58 bits per heavy atom. The second-order valence-corrected chi connectivity index (χ2v) is 2.56. The molecule has 70 valence electrons. The first-order valence-electron chi connectivity index (χ1n) is 4.18. The van der Waals surface area contributed by atoms with Gasteiger partial charge in [0.25, 0.3) is 0 Å². The van der Waals surface area contributed by atoms with Gasteiger partial charge in [0.05, 0.1) is 0 Å². The number of carbonyl (C=O) groups is 1. The van der Waals surface area contributed by atoms with Crippen LogP contribution in [0.4, 0.5) is 0 Å². The number of nitrogens with zero attached hydrogens (tertiary/aromatic N) is 1. The van der Waals surface area contributed by atoms with Gasteiger partial charge in [0.2, 0.25) is 0 Å². The van der Waals surface area contributed by atoms with Gasteiger partial charge >= 0.3 is 5.97 Å². The molecule has 3 nitrogen and oxygen atoms in total. The van der Waals surface area contributed by atoms with Crippen LogP contribution in [0.1, 0.15) is 13.8 Å². The van der Waals surface area contributed by atoms with E-state index in [9.17, 15) is 4.79 Å². The molecule has 0 rings (SSSR count). The molecule has 0 aromatic heterocycles. The summed E-state index contributed by atoms with van der Waals surface area (Å²) >= 11 is 0. The molecule has 0 aliphatic carbocycles. The Bertz CT molecular complexity index is 155. The second kappa shape index (κ2) is 6.85. The molecule has 0 fully saturated rings. The van der Waals surface area contributed by atoms with E-state index in [-0.39, 0.29) is 5.97 Å². The van der Waals surface area contributed by atoms with Crippen LogP contribution in [0.2, 0.25) is 0 Å². The van der Waals surface area contributed by atoms with Gasteiger partial charge in [-0.05, 0) is 20.5 Å². The number of ether oxygens (including phenoxy) is 1. The van der Waals surface area contributed by atoms with Gasteiger partial charge in [-0.25, -0.2) is 4.79 Å². The zero-order valence-electron chi connectivity index (χ0n) is 8.04. The highest BCUT2D eigenvalue weighted by Gasteiger charge is 1.97. The van der Waals surface area contributed by atoms with E-state index in [0.717, 1.165) is 13.1 Å². The fourth-order valence-electron chi connectivity index (χ4n) is 0.644. The first kappa shape index (κ1) is 11.2. The van der Waals surface area contributed by atoms with E-state index in [0.29, 0.717) is 6.61 Å². The largest absolute Gasteiger partial charge is 0.461 e. The molecule has 0 saturated heterocycles. The van der Waals surface area contributed by atoms with Gasteiger partial charge in [-0.15, -0.1) is 0 Å². The van der Waals surface area contributed by atoms with Crippen molar-refractivity contribution >= 4 is 5.97 Å². The van der Waals surface area contributed by atoms with E-state index in [1.165, 1.54) is 6.08 Å². The Hall–Kier alpha value is -0.830. The minimum Gasteiger partial charge on any atom is -0.461 e. The number of allylic oxidation sites excluding steroid dienone is 1. The number of hydrogen-bond acceptors (Lipinski definition) is 3. The molecule has 0 bridgehead atoms. The Labute approximate surface area is 74.0 Å². The molecule has 0 aliphatic heterocycles. The summed E-state index contributed by atoms with van der Waals surface area (Å²) in [4.78, 5) is 12.9. The lowest BCUT2D eigenvalue weighted by Gasteiger charge is -2.12. The van der Waals surface area contributed by atoms with E-state index in [4.69, 9.17) is 4.74 Å². The standard InChI is InChI=1S/C9H17NO2/c1-4-6-9(11)12-8-7-10(3)5-2/h4,6H,5,7-8H2,1-3H3. The average molecular weight is 171 g/mol. The van der Waals surface area contributed by atoms with Gasteiger partial charge in [0.1, 0.15) is 6.61 Å². The molecule has 0 spiro atoms. The summed E-state index contributed by atoms with van der Waals surface area (Å²) in [5.74, 6) is -0.262. The average Bonchev–Trinajstić information content (AvgIpc) is 2.04. The summed E-state index contributed by atoms with van der Waals surface area (Å²) in [6.07, 6.45) is 3.10. The fourth-order valence-corrected chi connectivity index (χ4v) is 0.644. The molecule has 0 aliphatic rings. The van der Waals surface area contributed by atoms with E-state index in [2.05, 4.69) is 11.8 Å². The fraction of sp³-hybridized carbons (Fsp3) is 0.667. The van der Waals surface area contributed by atoms with Gasteiger partial charge < -0.3 is 9.64 Å². The Morgan fingerprint density at radius 3 is 2.75 bits per heavy atom. The zero-order chi connectivity index (χ0) is 9.40. The smallest absolute Gasteiger partial charge is 0.330 e. The Kier molecular flexibility index (Phi) is 6.38. The second-order valence-electron chi connectivity index (χ2n) is 2.56. The van der Waals surface area contributed by atoms with Crippen molar-refractivity contribution in [3.8, 4) is 0 Å². The minimum atomic E-state index is -0.262. The van der Waals surface area contributed by atoms with Crippen LogP contribution in [0.3, 0.4) is 0 Å². The van der Waals surface area contributed by atoms with Gasteiger partial charge in [-0.2, -0.15) is 0 Å². The lowest BCUT2D eigenvalue weighted by molar-refractivity contribution is -0.138. The van der Waals surface area contributed by atoms with E-state index in [1.807, 2.05) is 7.05 Å². The normalized spacial score (nSPS) is 11.0. The molecule has 0 aromatic rings. The van der Waals surface area contributed by atoms with Crippen molar-refractivity contribution in [2.75, 3.05) is 26.7 Å². The molecule has 0 amide bonds. The highest BCUT2D eigenvalue weighted by molar-refractivity contribution is 5.81. The minimum absolute atomic E-state index is 0.262. The lowest BCUT2D eigenvalue weighted by Crippen LogP contribution is -2.23. The van der Waals surface area contributed by atoms with Crippen molar-refractivity contribution in [3.05, 3.63) is 12.2 Å². The SMILES string of the molecule is CC=CC(=O)OCCN(C)CC. The summed E-state index contributed by atoms with van der Waals surface area (Å²) in [7, 11) is 1.99. The summed E-state index contributed by atoms with van der Waals surface area (Å²) in [5.41, 5.74) is 0. The summed E-state index contributed by atoms with van der Waals surface area (Å²) in [5, 5.41) is 0. The third-order valence-corrected chi connectivity index (χ3v) is 1.56. The van der Waals surface area contributed by atoms with Crippen LogP contribution in [-0.4, -0.2) is 37.6 Å². The number of likely N-dealkylation sites (N-methyl/N-ethyl adjacent to an activating group) is 1. The van der Waals surface area contributed by atoms with Crippen LogP contribution in [0.5, 0.6) is 0 Å². The highest BCUT2D eigenvalue weighted by atomic mass is 16.5. The first-order chi connectivity index (χ1) is 5.70. The summed E-state index contributed by atoms with van der Waals surface area (Å²) < 4.78 is 4.89. The highest BCUT2D eigenvalue weighted by Crippen LogP contribution is 1.84. The third-order valence-electron chi connectivity index (χ3n) is 1.56. The van der Waals surface area contributed by atoms with E-state index in [1.54, 1.807) is 13.0 Å². The van der Waals surface area contributed by atoms with Gasteiger partial charge in [-0.3, -0.25) is 0 Å². The van der Waals surface area contributed by atoms with Crippen LogP contribution < -0.4 is 0 Å². The molecule has 0 radical (unpaired) electrons. The quantitative estimate of drug-likeness (QED) is 0.457. The van der Waals surface area contributed by atoms with Crippen LogP contribution in [0.15, 0.2) is 12.2 Å². The molecular weight excluding hydrogens is 154 g/mol. The predicted octanol–water partition coefficient (Wildman–Crippen LogP) is 1.06. The molecule has 3 heteroatoms. The summed E-state index contributed by atoms with van der Waals surface area (Å²) in [6, 6.07) is 0. The number of hydrogen-bond donors (Lipinski definition) is 0. The molecule has 0 atom stereocenters. The molecule has 0 unspecified atom stereocenters. The molecule has 0 N–H and O–H groups in total. The first-order valence-corrected chi connectivity index (χ1v) is 4.18. The Morgan fingerprint density at radius 2 is 2.25 bits per heavy atom. The molecule has 0 aromatic carbocycles. The predicted molar refractivity (Wildman–Crippen MR) is 48.9 cm³/mol. The van der Waals surface area contributed by atoms with Crippen molar-refractivity contribution < 1.29 is 9.53 Å². The molecule has 12 heavy (non-hydrogen) atoms. The van der Waals surface area contributed by atoms with Crippen LogP contribution in [-0.2, 0) is 9.53 Å². The van der Waals surface area contributed by atoms with E-state index >= 15 is 0 Å². The van der Waals surface area contributed by atoms with Gasteiger partial charge in [-0.1, -0.05) is 13.0 Å². The van der Waals surface area contributed by atoms with Gasteiger partial charge in [0.15, 0.2) is 0 Å². The van der Waals surface area contributed by atoms with Crippen molar-refractivity contribution in [1.29, 1.82) is 0 Å². The van der Waals surface area contributed by atoms with Crippen molar-refractivity contribution in [2.45, 2.75) is 13.8 Å². The van der Waals surface area contributed by atoms with Crippen LogP contribution in [0, 0.1) is 0 Å². The maximum atomic E-state index is 10.8. The number of rotatable bonds is 5.